The molecule has 0 saturated heterocycles. The maximum absolute atomic E-state index is 12.3. The smallest absolute Gasteiger partial charge is 0.155 e. The second kappa shape index (κ2) is 5.46. The number of fused-ring (bicyclic) bond motifs is 3. The van der Waals surface area contributed by atoms with Gasteiger partial charge in [-0.1, -0.05) is 13.0 Å². The summed E-state index contributed by atoms with van der Waals surface area (Å²) in [6.07, 6.45) is 13.1. The van der Waals surface area contributed by atoms with E-state index in [1.165, 1.54) is 19.3 Å². The standard InChI is InChI=1S/C18H26O2/c1-18-12-11-13-5-4-7-14(19)6-2-3-8-15(13)16(18)9-10-17(18)20/h2,6,13,15-16H,3-5,7-12H2,1H3. The molecule has 0 bridgehead atoms. The first kappa shape index (κ1) is 14.0. The van der Waals surface area contributed by atoms with Gasteiger partial charge in [-0.3, -0.25) is 9.59 Å². The maximum atomic E-state index is 12.3. The van der Waals surface area contributed by atoms with Crippen LogP contribution in [-0.2, 0) is 9.59 Å². The number of Topliss-reactive ketones (excluding diaryl/α,β-unsaturated/α-hetero) is 1. The van der Waals surface area contributed by atoms with Crippen molar-refractivity contribution in [3.8, 4) is 0 Å². The van der Waals surface area contributed by atoms with Crippen LogP contribution in [0.25, 0.3) is 0 Å². The van der Waals surface area contributed by atoms with Crippen molar-refractivity contribution in [1.29, 1.82) is 0 Å². The minimum absolute atomic E-state index is 0.0230. The van der Waals surface area contributed by atoms with Gasteiger partial charge in [0.1, 0.15) is 5.78 Å². The number of hydrogen-bond acceptors (Lipinski definition) is 2. The van der Waals surface area contributed by atoms with Crippen molar-refractivity contribution in [2.45, 2.75) is 64.7 Å². The van der Waals surface area contributed by atoms with E-state index in [0.717, 1.165) is 38.0 Å². The number of hydrogen-bond donors (Lipinski definition) is 0. The first-order valence-corrected chi connectivity index (χ1v) is 8.34. The zero-order valence-corrected chi connectivity index (χ0v) is 12.6. The normalized spacial score (nSPS) is 42.1. The Morgan fingerprint density at radius 2 is 1.95 bits per heavy atom. The van der Waals surface area contributed by atoms with Crippen LogP contribution >= 0.6 is 0 Å². The highest BCUT2D eigenvalue weighted by atomic mass is 16.1. The van der Waals surface area contributed by atoms with E-state index in [1.807, 2.05) is 0 Å². The highest BCUT2D eigenvalue weighted by Gasteiger charge is 2.52. The minimum atomic E-state index is -0.0230. The lowest BCUT2D eigenvalue weighted by atomic mass is 9.58. The lowest BCUT2D eigenvalue weighted by Crippen LogP contribution is -2.41. The molecule has 0 radical (unpaired) electrons. The molecule has 0 aromatic heterocycles. The van der Waals surface area contributed by atoms with Gasteiger partial charge in [0.2, 0.25) is 0 Å². The van der Waals surface area contributed by atoms with Gasteiger partial charge in [0.15, 0.2) is 5.78 Å². The molecule has 4 atom stereocenters. The monoisotopic (exact) mass is 274 g/mol. The van der Waals surface area contributed by atoms with Gasteiger partial charge in [0.05, 0.1) is 0 Å². The van der Waals surface area contributed by atoms with Crippen molar-refractivity contribution in [3.63, 3.8) is 0 Å². The predicted octanol–water partition coefficient (Wildman–Crippen LogP) is 4.09. The summed E-state index contributed by atoms with van der Waals surface area (Å²) in [5, 5.41) is 0. The van der Waals surface area contributed by atoms with E-state index in [4.69, 9.17) is 0 Å². The molecule has 110 valence electrons. The van der Waals surface area contributed by atoms with Gasteiger partial charge in [-0.25, -0.2) is 0 Å². The summed E-state index contributed by atoms with van der Waals surface area (Å²) < 4.78 is 0. The fraction of sp³-hybridized carbons (Fsp3) is 0.778. The molecule has 20 heavy (non-hydrogen) atoms. The molecule has 2 heteroatoms. The number of ketones is 2. The summed E-state index contributed by atoms with van der Waals surface area (Å²) in [5.41, 5.74) is -0.0230. The molecule has 0 aliphatic heterocycles. The maximum Gasteiger partial charge on any atom is 0.155 e. The zero-order chi connectivity index (χ0) is 14.2. The SMILES string of the molecule is CC12CCC3CCCC(=O)C=CCCC3C1CCC2=O. The van der Waals surface area contributed by atoms with Gasteiger partial charge in [0.25, 0.3) is 0 Å². The van der Waals surface area contributed by atoms with E-state index in [9.17, 15) is 9.59 Å². The number of rotatable bonds is 0. The molecule has 3 aliphatic carbocycles. The van der Waals surface area contributed by atoms with Crippen molar-refractivity contribution in [1.82, 2.24) is 0 Å². The Labute approximate surface area is 122 Å². The van der Waals surface area contributed by atoms with Crippen LogP contribution < -0.4 is 0 Å². The average Bonchev–Trinajstić information content (AvgIpc) is 2.73. The van der Waals surface area contributed by atoms with E-state index in [-0.39, 0.29) is 5.41 Å². The van der Waals surface area contributed by atoms with E-state index in [2.05, 4.69) is 13.0 Å². The van der Waals surface area contributed by atoms with Crippen LogP contribution in [0.5, 0.6) is 0 Å². The summed E-state index contributed by atoms with van der Waals surface area (Å²) in [6, 6.07) is 0. The van der Waals surface area contributed by atoms with Crippen molar-refractivity contribution >= 4 is 11.6 Å². The number of carbonyl (C=O) groups excluding carboxylic acids is 2. The van der Waals surface area contributed by atoms with Crippen molar-refractivity contribution in [3.05, 3.63) is 12.2 Å². The summed E-state index contributed by atoms with van der Waals surface area (Å²) in [6.45, 7) is 2.22. The number of carbonyl (C=O) groups is 2. The minimum Gasteiger partial charge on any atom is -0.299 e. The second-order valence-corrected chi connectivity index (χ2v) is 7.29. The molecule has 2 fully saturated rings. The Morgan fingerprint density at radius 3 is 2.80 bits per heavy atom. The summed E-state index contributed by atoms with van der Waals surface area (Å²) in [4.78, 5) is 23.9. The molecule has 0 N–H and O–H groups in total. The Balaban J connectivity index is 1.80. The van der Waals surface area contributed by atoms with Crippen molar-refractivity contribution in [2.24, 2.45) is 23.2 Å². The molecule has 0 spiro atoms. The Hall–Kier alpha value is -0.920. The largest absolute Gasteiger partial charge is 0.299 e. The lowest BCUT2D eigenvalue weighted by molar-refractivity contribution is -0.130. The molecular weight excluding hydrogens is 248 g/mol. The van der Waals surface area contributed by atoms with Crippen LogP contribution in [0.15, 0.2) is 12.2 Å². The van der Waals surface area contributed by atoms with Gasteiger partial charge >= 0.3 is 0 Å². The third-order valence-electron chi connectivity index (χ3n) is 6.26. The van der Waals surface area contributed by atoms with Gasteiger partial charge < -0.3 is 0 Å². The van der Waals surface area contributed by atoms with Crippen molar-refractivity contribution < 1.29 is 9.59 Å². The van der Waals surface area contributed by atoms with Gasteiger partial charge in [-0.15, -0.1) is 0 Å². The topological polar surface area (TPSA) is 34.1 Å². The Kier molecular flexibility index (Phi) is 3.83. The fourth-order valence-corrected chi connectivity index (χ4v) is 5.06. The van der Waals surface area contributed by atoms with Gasteiger partial charge in [0, 0.05) is 18.3 Å². The molecule has 4 unspecified atom stereocenters. The number of allylic oxidation sites excluding steroid dienone is 2. The van der Waals surface area contributed by atoms with Gasteiger partial charge in [-0.2, -0.15) is 0 Å². The summed E-state index contributed by atoms with van der Waals surface area (Å²) in [7, 11) is 0. The molecular formula is C18H26O2. The molecule has 3 aliphatic rings. The van der Waals surface area contributed by atoms with E-state index in [0.29, 0.717) is 29.8 Å². The van der Waals surface area contributed by atoms with Crippen LogP contribution in [0, 0.1) is 23.2 Å². The van der Waals surface area contributed by atoms with Crippen LogP contribution in [0.4, 0.5) is 0 Å². The Morgan fingerprint density at radius 1 is 1.10 bits per heavy atom. The molecule has 2 saturated carbocycles. The van der Waals surface area contributed by atoms with Gasteiger partial charge in [-0.05, 0) is 68.8 Å². The Bertz CT molecular complexity index is 437. The molecule has 0 aromatic rings. The highest BCUT2D eigenvalue weighted by Crippen LogP contribution is 2.56. The molecule has 3 rings (SSSR count). The van der Waals surface area contributed by atoms with Crippen LogP contribution in [0.3, 0.4) is 0 Å². The van der Waals surface area contributed by atoms with Crippen LogP contribution in [0.2, 0.25) is 0 Å². The van der Waals surface area contributed by atoms with E-state index >= 15 is 0 Å². The molecule has 0 heterocycles. The van der Waals surface area contributed by atoms with E-state index < -0.39 is 0 Å². The first-order valence-electron chi connectivity index (χ1n) is 8.34. The predicted molar refractivity (Wildman–Crippen MR) is 79.3 cm³/mol. The summed E-state index contributed by atoms with van der Waals surface area (Å²) in [5.74, 6) is 2.87. The van der Waals surface area contributed by atoms with E-state index in [1.54, 1.807) is 6.08 Å². The zero-order valence-electron chi connectivity index (χ0n) is 12.6. The molecule has 0 aromatic carbocycles. The average molecular weight is 274 g/mol. The second-order valence-electron chi connectivity index (χ2n) is 7.29. The molecule has 0 amide bonds. The van der Waals surface area contributed by atoms with Crippen LogP contribution in [-0.4, -0.2) is 11.6 Å². The van der Waals surface area contributed by atoms with Crippen molar-refractivity contribution in [2.75, 3.05) is 0 Å². The van der Waals surface area contributed by atoms with Crippen LogP contribution in [0.1, 0.15) is 64.7 Å². The fourth-order valence-electron chi connectivity index (χ4n) is 5.06. The molecule has 2 nitrogen and oxygen atoms in total. The third-order valence-corrected chi connectivity index (χ3v) is 6.26. The quantitative estimate of drug-likeness (QED) is 0.667. The highest BCUT2D eigenvalue weighted by molar-refractivity contribution is 5.89. The summed E-state index contributed by atoms with van der Waals surface area (Å²) >= 11 is 0. The third kappa shape index (κ3) is 2.38. The lowest BCUT2D eigenvalue weighted by Gasteiger charge is -2.46. The first-order chi connectivity index (χ1) is 9.61.